The lowest BCUT2D eigenvalue weighted by Gasteiger charge is -2.17. The summed E-state index contributed by atoms with van der Waals surface area (Å²) in [6.07, 6.45) is 3.46. The molecule has 0 aromatic carbocycles. The normalized spacial score (nSPS) is 12.7. The van der Waals surface area contributed by atoms with Crippen LogP contribution in [-0.4, -0.2) is 6.54 Å². The summed E-state index contributed by atoms with van der Waals surface area (Å²) >= 11 is 1.91. The first-order valence-electron chi connectivity index (χ1n) is 6.07. The maximum atomic E-state index is 3.98. The average molecular weight is 237 g/mol. The Hall–Kier alpha value is -0.600. The largest absolute Gasteiger partial charge is 0.309 e. The molecule has 0 fully saturated rings. The van der Waals surface area contributed by atoms with E-state index in [1.165, 1.54) is 21.7 Å². The molecule has 1 nitrogen and oxygen atoms in total. The van der Waals surface area contributed by atoms with Gasteiger partial charge in [0.1, 0.15) is 0 Å². The fourth-order valence-corrected chi connectivity index (χ4v) is 2.68. The molecule has 0 spiro atoms. The van der Waals surface area contributed by atoms with Crippen molar-refractivity contribution in [2.24, 2.45) is 0 Å². The van der Waals surface area contributed by atoms with E-state index in [2.05, 4.69) is 44.8 Å². The zero-order valence-corrected chi connectivity index (χ0v) is 11.5. The second-order valence-electron chi connectivity index (χ2n) is 4.45. The van der Waals surface area contributed by atoms with Gasteiger partial charge in [-0.15, -0.1) is 17.9 Å². The van der Waals surface area contributed by atoms with Crippen LogP contribution < -0.4 is 5.32 Å². The Morgan fingerprint density at radius 3 is 2.75 bits per heavy atom. The molecule has 1 atom stereocenters. The van der Waals surface area contributed by atoms with Crippen molar-refractivity contribution in [1.29, 1.82) is 0 Å². The van der Waals surface area contributed by atoms with Gasteiger partial charge in [0.25, 0.3) is 0 Å². The molecule has 2 heteroatoms. The summed E-state index contributed by atoms with van der Waals surface area (Å²) in [5.41, 5.74) is 1.27. The number of nitrogens with one attached hydrogen (secondary N) is 1. The highest BCUT2D eigenvalue weighted by Crippen LogP contribution is 2.27. The summed E-state index contributed by atoms with van der Waals surface area (Å²) in [7, 11) is 0. The van der Waals surface area contributed by atoms with Crippen LogP contribution in [0.15, 0.2) is 24.3 Å². The molecule has 0 aliphatic heterocycles. The Kier molecular flexibility index (Phi) is 5.78. The molecule has 0 radical (unpaired) electrons. The van der Waals surface area contributed by atoms with E-state index >= 15 is 0 Å². The molecular weight excluding hydrogens is 214 g/mol. The smallest absolute Gasteiger partial charge is 0.0417 e. The van der Waals surface area contributed by atoms with Crippen LogP contribution in [0.4, 0.5) is 0 Å². The first kappa shape index (κ1) is 13.5. The fourth-order valence-electron chi connectivity index (χ4n) is 1.69. The molecule has 1 N–H and O–H groups in total. The summed E-state index contributed by atoms with van der Waals surface area (Å²) in [5, 5.41) is 3.62. The van der Waals surface area contributed by atoms with Crippen LogP contribution >= 0.6 is 11.3 Å². The van der Waals surface area contributed by atoms with Crippen molar-refractivity contribution in [1.82, 2.24) is 5.32 Å². The molecule has 1 aromatic rings. The Morgan fingerprint density at radius 2 is 2.25 bits per heavy atom. The first-order valence-corrected chi connectivity index (χ1v) is 6.89. The van der Waals surface area contributed by atoms with Gasteiger partial charge in [-0.2, -0.15) is 0 Å². The van der Waals surface area contributed by atoms with Gasteiger partial charge in [-0.05, 0) is 51.8 Å². The number of hydrogen-bond donors (Lipinski definition) is 1. The third-order valence-corrected chi connectivity index (χ3v) is 3.72. The summed E-state index contributed by atoms with van der Waals surface area (Å²) in [6.45, 7) is 11.6. The van der Waals surface area contributed by atoms with Crippen molar-refractivity contribution in [2.75, 3.05) is 6.54 Å². The number of rotatable bonds is 7. The lowest BCUT2D eigenvalue weighted by atomic mass is 10.1. The van der Waals surface area contributed by atoms with Gasteiger partial charge in [0, 0.05) is 15.8 Å². The van der Waals surface area contributed by atoms with Crippen molar-refractivity contribution in [3.63, 3.8) is 0 Å². The highest BCUT2D eigenvalue weighted by Gasteiger charge is 2.12. The van der Waals surface area contributed by atoms with Crippen LogP contribution in [0.2, 0.25) is 0 Å². The van der Waals surface area contributed by atoms with Crippen LogP contribution in [-0.2, 0) is 0 Å². The minimum atomic E-state index is 0.510. The third-order valence-electron chi connectivity index (χ3n) is 2.61. The van der Waals surface area contributed by atoms with E-state index in [9.17, 15) is 0 Å². The molecule has 1 unspecified atom stereocenters. The van der Waals surface area contributed by atoms with E-state index in [0.717, 1.165) is 19.4 Å². The number of thiophene rings is 1. The van der Waals surface area contributed by atoms with Gasteiger partial charge in [-0.1, -0.05) is 12.5 Å². The van der Waals surface area contributed by atoms with E-state index in [1.807, 2.05) is 11.3 Å². The molecule has 16 heavy (non-hydrogen) atoms. The van der Waals surface area contributed by atoms with Crippen LogP contribution in [0.25, 0.3) is 0 Å². The molecule has 90 valence electrons. The molecule has 0 aliphatic carbocycles. The Bertz CT molecular complexity index is 327. The molecule has 0 saturated carbocycles. The lowest BCUT2D eigenvalue weighted by Crippen LogP contribution is -2.21. The fraction of sp³-hybridized carbons (Fsp3) is 0.571. The molecule has 0 aliphatic rings. The average Bonchev–Trinajstić information content (AvgIpc) is 2.64. The van der Waals surface area contributed by atoms with Crippen LogP contribution in [0.1, 0.15) is 48.9 Å². The van der Waals surface area contributed by atoms with Crippen molar-refractivity contribution >= 4 is 11.3 Å². The number of hydrogen-bond acceptors (Lipinski definition) is 2. The van der Waals surface area contributed by atoms with E-state index in [0.29, 0.717) is 6.04 Å². The molecule has 1 rings (SSSR count). The van der Waals surface area contributed by atoms with Crippen LogP contribution in [0, 0.1) is 6.92 Å². The van der Waals surface area contributed by atoms with Gasteiger partial charge in [-0.3, -0.25) is 0 Å². The molecule has 0 amide bonds. The molecule has 1 heterocycles. The third kappa shape index (κ3) is 4.50. The monoisotopic (exact) mass is 237 g/mol. The number of allylic oxidation sites excluding steroid dienone is 1. The standard InChI is InChI=1S/C14H23NS/c1-5-10-15-13(8-6-11(2)3)14-9-7-12(4)16-14/h7,9,13,15H,2,5-6,8,10H2,1,3-4H3. The van der Waals surface area contributed by atoms with Crippen molar-refractivity contribution < 1.29 is 0 Å². The van der Waals surface area contributed by atoms with Gasteiger partial charge in [-0.25, -0.2) is 0 Å². The minimum absolute atomic E-state index is 0.510. The summed E-state index contributed by atoms with van der Waals surface area (Å²) in [6, 6.07) is 4.98. The lowest BCUT2D eigenvalue weighted by molar-refractivity contribution is 0.505. The highest BCUT2D eigenvalue weighted by molar-refractivity contribution is 7.12. The summed E-state index contributed by atoms with van der Waals surface area (Å²) < 4.78 is 0. The predicted octanol–water partition coefficient (Wildman–Crippen LogP) is 4.45. The maximum absolute atomic E-state index is 3.98. The van der Waals surface area contributed by atoms with Crippen molar-refractivity contribution in [3.8, 4) is 0 Å². The second kappa shape index (κ2) is 6.87. The predicted molar refractivity (Wildman–Crippen MR) is 74.1 cm³/mol. The van der Waals surface area contributed by atoms with E-state index < -0.39 is 0 Å². The van der Waals surface area contributed by atoms with Gasteiger partial charge in [0.15, 0.2) is 0 Å². The molecule has 0 bridgehead atoms. The molecular formula is C14H23NS. The highest BCUT2D eigenvalue weighted by atomic mass is 32.1. The van der Waals surface area contributed by atoms with Crippen LogP contribution in [0.5, 0.6) is 0 Å². The van der Waals surface area contributed by atoms with E-state index in [1.54, 1.807) is 0 Å². The summed E-state index contributed by atoms with van der Waals surface area (Å²) in [4.78, 5) is 2.86. The molecule has 0 saturated heterocycles. The Balaban J connectivity index is 2.59. The topological polar surface area (TPSA) is 12.0 Å². The maximum Gasteiger partial charge on any atom is 0.0417 e. The van der Waals surface area contributed by atoms with E-state index in [-0.39, 0.29) is 0 Å². The van der Waals surface area contributed by atoms with Gasteiger partial charge < -0.3 is 5.32 Å². The first-order chi connectivity index (χ1) is 7.63. The minimum Gasteiger partial charge on any atom is -0.309 e. The van der Waals surface area contributed by atoms with Gasteiger partial charge in [0.2, 0.25) is 0 Å². The molecule has 1 aromatic heterocycles. The van der Waals surface area contributed by atoms with Crippen molar-refractivity contribution in [3.05, 3.63) is 34.0 Å². The zero-order valence-electron chi connectivity index (χ0n) is 10.7. The quantitative estimate of drug-likeness (QED) is 0.691. The summed E-state index contributed by atoms with van der Waals surface area (Å²) in [5.74, 6) is 0. The van der Waals surface area contributed by atoms with Gasteiger partial charge in [0.05, 0.1) is 0 Å². The van der Waals surface area contributed by atoms with Gasteiger partial charge >= 0.3 is 0 Å². The SMILES string of the molecule is C=C(C)CCC(NCCC)c1ccc(C)s1. The number of aryl methyl sites for hydroxylation is 1. The second-order valence-corrected chi connectivity index (χ2v) is 5.77. The van der Waals surface area contributed by atoms with Crippen molar-refractivity contribution in [2.45, 2.75) is 46.1 Å². The van der Waals surface area contributed by atoms with E-state index in [4.69, 9.17) is 0 Å². The Labute approximate surface area is 104 Å². The Morgan fingerprint density at radius 1 is 1.50 bits per heavy atom. The zero-order chi connectivity index (χ0) is 12.0. The van der Waals surface area contributed by atoms with Crippen LogP contribution in [0.3, 0.4) is 0 Å².